The van der Waals surface area contributed by atoms with E-state index in [1.54, 1.807) is 0 Å². The number of ether oxygens (including phenoxy) is 2. The van der Waals surface area contributed by atoms with Gasteiger partial charge in [0.25, 0.3) is 0 Å². The molecule has 0 amide bonds. The molecule has 0 radical (unpaired) electrons. The van der Waals surface area contributed by atoms with E-state index in [-0.39, 0.29) is 19.4 Å². The van der Waals surface area contributed by atoms with Crippen LogP contribution in [0.25, 0.3) is 0 Å². The Kier molecular flexibility index (Phi) is 34.5. The van der Waals surface area contributed by atoms with E-state index in [1.165, 1.54) is 83.5 Å². The summed E-state index contributed by atoms with van der Waals surface area (Å²) in [5, 5.41) is 9.72. The first-order chi connectivity index (χ1) is 25.4. The van der Waals surface area contributed by atoms with Crippen LogP contribution in [0.1, 0.15) is 181 Å². The minimum atomic E-state index is -4.86. The van der Waals surface area contributed by atoms with E-state index in [0.717, 1.165) is 57.8 Å². The van der Waals surface area contributed by atoms with E-state index >= 15 is 0 Å². The molecule has 0 aliphatic rings. The zero-order valence-corrected chi connectivity index (χ0v) is 34.7. The molecule has 314 valence electrons. The van der Waals surface area contributed by atoms with Gasteiger partial charge in [0.05, 0.1) is 19.8 Å². The number of carbonyl (C=O) groups excluding carboxylic acids is 2. The summed E-state index contributed by atoms with van der Waals surface area (Å²) in [6.45, 7) is 1.74. The molecule has 13 nitrogen and oxygen atoms in total. The molecule has 0 aliphatic heterocycles. The second kappa shape index (κ2) is 35.3. The van der Waals surface area contributed by atoms with Gasteiger partial charge in [-0.15, -0.1) is 0 Å². The smallest absolute Gasteiger partial charge is 0.462 e. The van der Waals surface area contributed by atoms with Crippen LogP contribution in [-0.4, -0.2) is 70.4 Å². The van der Waals surface area contributed by atoms with E-state index in [4.69, 9.17) is 23.8 Å². The number of phosphoric ester groups is 2. The molecule has 0 saturated carbocycles. The molecule has 53 heavy (non-hydrogen) atoms. The summed E-state index contributed by atoms with van der Waals surface area (Å²) in [4.78, 5) is 52.5. The van der Waals surface area contributed by atoms with Crippen LogP contribution in [0.3, 0.4) is 0 Å². The first-order valence-corrected chi connectivity index (χ1v) is 23.4. The quantitative estimate of drug-likeness (QED) is 0.0199. The van der Waals surface area contributed by atoms with Crippen LogP contribution in [0.5, 0.6) is 0 Å². The lowest BCUT2D eigenvalue weighted by Crippen LogP contribution is -2.30. The Labute approximate surface area is 320 Å². The highest BCUT2D eigenvalue weighted by molar-refractivity contribution is 7.47. The minimum absolute atomic E-state index is 0.125. The Bertz CT molecular complexity index is 1000. The summed E-state index contributed by atoms with van der Waals surface area (Å²) in [6, 6.07) is 0. The topological polar surface area (TPSA) is 195 Å². The van der Waals surface area contributed by atoms with E-state index in [2.05, 4.69) is 35.0 Å². The Morgan fingerprint density at radius 2 is 0.925 bits per heavy atom. The van der Waals surface area contributed by atoms with E-state index in [9.17, 15) is 28.7 Å². The molecular weight excluding hydrogens is 726 g/mol. The van der Waals surface area contributed by atoms with Gasteiger partial charge in [0.1, 0.15) is 12.7 Å². The zero-order chi connectivity index (χ0) is 39.5. The summed E-state index contributed by atoms with van der Waals surface area (Å²) in [7, 11) is -9.65. The SMILES string of the molecule is CCCCCCC=CCCCCCCCC(=O)OC(COC(=O)CCCCCCCCCCCCCCC)COP(=O)(O)OCC(O)COP(=O)(O)O. The number of aliphatic hydroxyl groups excluding tert-OH is 1. The molecule has 4 N–H and O–H groups in total. The Balaban J connectivity index is 4.55. The van der Waals surface area contributed by atoms with E-state index in [0.29, 0.717) is 12.8 Å². The Morgan fingerprint density at radius 1 is 0.528 bits per heavy atom. The summed E-state index contributed by atoms with van der Waals surface area (Å²) in [6.07, 6.45) is 29.2. The number of hydrogen-bond acceptors (Lipinski definition) is 10. The van der Waals surface area contributed by atoms with Gasteiger partial charge in [-0.1, -0.05) is 142 Å². The third kappa shape index (κ3) is 38.9. The number of rotatable bonds is 39. The number of phosphoric acid groups is 2. The highest BCUT2D eigenvalue weighted by Crippen LogP contribution is 2.43. The van der Waals surface area contributed by atoms with Gasteiger partial charge in [-0.2, -0.15) is 0 Å². The van der Waals surface area contributed by atoms with Crippen molar-refractivity contribution in [2.45, 2.75) is 193 Å². The van der Waals surface area contributed by atoms with Crippen molar-refractivity contribution < 1.29 is 61.6 Å². The number of esters is 2. The molecule has 15 heteroatoms. The number of hydrogen-bond donors (Lipinski definition) is 4. The van der Waals surface area contributed by atoms with Crippen molar-refractivity contribution in [3.63, 3.8) is 0 Å². The first kappa shape index (κ1) is 51.9. The second-order valence-corrected chi connectivity index (χ2v) is 16.6. The molecule has 0 aliphatic carbocycles. The Morgan fingerprint density at radius 3 is 1.42 bits per heavy atom. The van der Waals surface area contributed by atoms with Gasteiger partial charge < -0.3 is 29.3 Å². The molecule has 0 bridgehead atoms. The third-order valence-corrected chi connectivity index (χ3v) is 10.1. The molecule has 0 spiro atoms. The Hall–Kier alpha value is -1.14. The normalized spacial score (nSPS) is 14.3. The lowest BCUT2D eigenvalue weighted by molar-refractivity contribution is -0.161. The van der Waals surface area contributed by atoms with Gasteiger partial charge in [-0.25, -0.2) is 9.13 Å². The average Bonchev–Trinajstić information content (AvgIpc) is 3.11. The number of unbranched alkanes of at least 4 members (excludes halogenated alkanes) is 21. The number of allylic oxidation sites excluding steroid dienone is 2. The highest BCUT2D eigenvalue weighted by Gasteiger charge is 2.28. The van der Waals surface area contributed by atoms with E-state index < -0.39 is 59.6 Å². The maximum atomic E-state index is 12.6. The largest absolute Gasteiger partial charge is 0.472 e. The van der Waals surface area contributed by atoms with Crippen molar-refractivity contribution in [1.82, 2.24) is 0 Å². The molecular formula is C38H74O13P2. The van der Waals surface area contributed by atoms with Crippen molar-refractivity contribution in [1.29, 1.82) is 0 Å². The fourth-order valence-electron chi connectivity index (χ4n) is 5.52. The van der Waals surface area contributed by atoms with Gasteiger partial charge in [0, 0.05) is 12.8 Å². The van der Waals surface area contributed by atoms with Crippen LogP contribution in [0.4, 0.5) is 0 Å². The lowest BCUT2D eigenvalue weighted by atomic mass is 10.0. The van der Waals surface area contributed by atoms with Gasteiger partial charge in [-0.3, -0.25) is 23.2 Å². The van der Waals surface area contributed by atoms with Crippen LogP contribution < -0.4 is 0 Å². The zero-order valence-electron chi connectivity index (χ0n) is 32.9. The summed E-state index contributed by atoms with van der Waals surface area (Å²) >= 11 is 0. The van der Waals surface area contributed by atoms with Gasteiger partial charge >= 0.3 is 27.6 Å². The molecule has 3 atom stereocenters. The summed E-state index contributed by atoms with van der Waals surface area (Å²) in [5.41, 5.74) is 0. The summed E-state index contributed by atoms with van der Waals surface area (Å²) < 4.78 is 47.6. The maximum Gasteiger partial charge on any atom is 0.472 e. The lowest BCUT2D eigenvalue weighted by Gasteiger charge is -2.20. The van der Waals surface area contributed by atoms with Gasteiger partial charge in [-0.05, 0) is 38.5 Å². The van der Waals surface area contributed by atoms with Crippen molar-refractivity contribution in [2.24, 2.45) is 0 Å². The number of carbonyl (C=O) groups is 2. The van der Waals surface area contributed by atoms with E-state index in [1.807, 2.05) is 0 Å². The predicted molar refractivity (Wildman–Crippen MR) is 207 cm³/mol. The molecule has 0 heterocycles. The van der Waals surface area contributed by atoms with Crippen molar-refractivity contribution in [3.8, 4) is 0 Å². The van der Waals surface area contributed by atoms with Crippen LogP contribution in [0.15, 0.2) is 12.2 Å². The summed E-state index contributed by atoms with van der Waals surface area (Å²) in [5.74, 6) is -1.03. The van der Waals surface area contributed by atoms with Crippen LogP contribution in [0.2, 0.25) is 0 Å². The van der Waals surface area contributed by atoms with Crippen molar-refractivity contribution in [3.05, 3.63) is 12.2 Å². The maximum absolute atomic E-state index is 12.6. The van der Waals surface area contributed by atoms with Crippen LogP contribution >= 0.6 is 15.6 Å². The fourth-order valence-corrected chi connectivity index (χ4v) is 6.67. The molecule has 0 rings (SSSR count). The van der Waals surface area contributed by atoms with Crippen LogP contribution in [-0.2, 0) is 41.8 Å². The molecule has 3 unspecified atom stereocenters. The molecule has 0 aromatic heterocycles. The van der Waals surface area contributed by atoms with Crippen molar-refractivity contribution in [2.75, 3.05) is 26.4 Å². The minimum Gasteiger partial charge on any atom is -0.462 e. The monoisotopic (exact) mass is 800 g/mol. The number of aliphatic hydroxyl groups is 1. The van der Waals surface area contributed by atoms with Crippen molar-refractivity contribution >= 4 is 27.6 Å². The van der Waals surface area contributed by atoms with Crippen LogP contribution in [0, 0.1) is 0 Å². The first-order valence-electron chi connectivity index (χ1n) is 20.4. The molecule has 0 aromatic rings. The third-order valence-electron chi connectivity index (χ3n) is 8.64. The highest BCUT2D eigenvalue weighted by atomic mass is 31.2. The predicted octanol–water partition coefficient (Wildman–Crippen LogP) is 9.78. The molecule has 0 aromatic carbocycles. The molecule has 0 fully saturated rings. The molecule has 0 saturated heterocycles. The second-order valence-electron chi connectivity index (χ2n) is 13.9. The van der Waals surface area contributed by atoms with Gasteiger partial charge in [0.15, 0.2) is 6.10 Å². The van der Waals surface area contributed by atoms with Gasteiger partial charge in [0.2, 0.25) is 0 Å². The average molecular weight is 801 g/mol. The standard InChI is InChI=1S/C38H74O13P2/c1-3-5-7-9-11-13-15-17-19-21-23-25-27-29-37(40)47-33-36(34-50-53(45,46)49-32-35(39)31-48-52(42,43)44)51-38(41)30-28-26-24-22-20-18-16-14-12-10-8-6-4-2/h14,16,35-36,39H,3-13,15,17-34H2,1-2H3,(H,45,46)(H2,42,43,44). The fraction of sp³-hybridized carbons (Fsp3) is 0.895.